The SMILES string of the molecule is CC(C)C[C@H](NC(=O)c1ccccc1)C(=O)N1CCC[C@H]1C(=O)NCCCCNc1ncccn1. The summed E-state index contributed by atoms with van der Waals surface area (Å²) in [6.07, 6.45) is 6.94. The molecule has 3 amide bonds. The maximum Gasteiger partial charge on any atom is 0.251 e. The molecule has 0 unspecified atom stereocenters. The molecule has 188 valence electrons. The third-order valence-electron chi connectivity index (χ3n) is 5.94. The van der Waals surface area contributed by atoms with Crippen LogP contribution in [0, 0.1) is 5.92 Å². The number of carbonyl (C=O) groups is 3. The van der Waals surface area contributed by atoms with Crippen molar-refractivity contribution < 1.29 is 14.4 Å². The van der Waals surface area contributed by atoms with Crippen molar-refractivity contribution in [1.82, 2.24) is 25.5 Å². The third-order valence-corrected chi connectivity index (χ3v) is 5.94. The molecule has 1 fully saturated rings. The maximum absolute atomic E-state index is 13.4. The number of unbranched alkanes of at least 4 members (excludes halogenated alkanes) is 1. The van der Waals surface area contributed by atoms with Crippen LogP contribution in [0.15, 0.2) is 48.8 Å². The third kappa shape index (κ3) is 8.05. The van der Waals surface area contributed by atoms with E-state index >= 15 is 0 Å². The summed E-state index contributed by atoms with van der Waals surface area (Å²) >= 11 is 0. The van der Waals surface area contributed by atoms with Crippen LogP contribution >= 0.6 is 0 Å². The van der Waals surface area contributed by atoms with Gasteiger partial charge in [-0.05, 0) is 56.2 Å². The molecule has 2 aromatic rings. The van der Waals surface area contributed by atoms with Crippen molar-refractivity contribution in [2.45, 2.75) is 58.0 Å². The Balaban J connectivity index is 1.49. The molecule has 3 N–H and O–H groups in total. The number of aromatic nitrogens is 2. The number of hydrogen-bond donors (Lipinski definition) is 3. The van der Waals surface area contributed by atoms with Crippen molar-refractivity contribution in [3.05, 3.63) is 54.4 Å². The molecule has 3 rings (SSSR count). The monoisotopic (exact) mass is 480 g/mol. The zero-order chi connectivity index (χ0) is 25.0. The fraction of sp³-hybridized carbons (Fsp3) is 0.500. The Kier molecular flexibility index (Phi) is 10.0. The lowest BCUT2D eigenvalue weighted by Crippen LogP contribution is -2.54. The molecule has 9 nitrogen and oxygen atoms in total. The topological polar surface area (TPSA) is 116 Å². The first-order valence-corrected chi connectivity index (χ1v) is 12.4. The summed E-state index contributed by atoms with van der Waals surface area (Å²) in [4.78, 5) is 48.9. The molecule has 0 aliphatic carbocycles. The predicted molar refractivity (Wildman–Crippen MR) is 135 cm³/mol. The number of rotatable bonds is 12. The zero-order valence-corrected chi connectivity index (χ0v) is 20.6. The molecule has 1 aliphatic rings. The summed E-state index contributed by atoms with van der Waals surface area (Å²) in [5.41, 5.74) is 0.512. The summed E-state index contributed by atoms with van der Waals surface area (Å²) in [5.74, 6) is 0.205. The van der Waals surface area contributed by atoms with Crippen molar-refractivity contribution in [1.29, 1.82) is 0 Å². The molecule has 0 bridgehead atoms. The summed E-state index contributed by atoms with van der Waals surface area (Å²) in [7, 11) is 0. The van der Waals surface area contributed by atoms with E-state index in [-0.39, 0.29) is 23.6 Å². The van der Waals surface area contributed by atoms with Gasteiger partial charge < -0.3 is 20.9 Å². The molecular weight excluding hydrogens is 444 g/mol. The summed E-state index contributed by atoms with van der Waals surface area (Å²) in [6, 6.07) is 9.47. The second kappa shape index (κ2) is 13.4. The molecular formula is C26H36N6O3. The Morgan fingerprint density at radius 3 is 2.46 bits per heavy atom. The van der Waals surface area contributed by atoms with E-state index in [2.05, 4.69) is 25.9 Å². The first kappa shape index (κ1) is 26.1. The Bertz CT molecular complexity index is 954. The molecule has 2 heterocycles. The van der Waals surface area contributed by atoms with Crippen LogP contribution in [0.3, 0.4) is 0 Å². The second-order valence-electron chi connectivity index (χ2n) is 9.21. The summed E-state index contributed by atoms with van der Waals surface area (Å²) in [6.45, 7) is 5.80. The molecule has 0 spiro atoms. The fourth-order valence-corrected chi connectivity index (χ4v) is 4.20. The highest BCUT2D eigenvalue weighted by Gasteiger charge is 2.37. The van der Waals surface area contributed by atoms with Gasteiger partial charge in [0.2, 0.25) is 17.8 Å². The molecule has 1 aromatic heterocycles. The van der Waals surface area contributed by atoms with E-state index < -0.39 is 12.1 Å². The first-order valence-electron chi connectivity index (χ1n) is 12.4. The van der Waals surface area contributed by atoms with E-state index in [1.807, 2.05) is 19.9 Å². The van der Waals surface area contributed by atoms with E-state index in [9.17, 15) is 14.4 Å². The van der Waals surface area contributed by atoms with Crippen LogP contribution in [0.1, 0.15) is 56.3 Å². The highest BCUT2D eigenvalue weighted by atomic mass is 16.2. The van der Waals surface area contributed by atoms with Gasteiger partial charge >= 0.3 is 0 Å². The van der Waals surface area contributed by atoms with Crippen LogP contribution in [0.5, 0.6) is 0 Å². The van der Waals surface area contributed by atoms with E-state index in [0.717, 1.165) is 19.3 Å². The second-order valence-corrected chi connectivity index (χ2v) is 9.21. The van der Waals surface area contributed by atoms with Crippen LogP contribution in [-0.2, 0) is 9.59 Å². The average Bonchev–Trinajstić information content (AvgIpc) is 3.36. The first-order chi connectivity index (χ1) is 17.0. The van der Waals surface area contributed by atoms with Crippen LogP contribution in [0.25, 0.3) is 0 Å². The Hall–Kier alpha value is -3.49. The number of carbonyl (C=O) groups excluding carboxylic acids is 3. The van der Waals surface area contributed by atoms with Gasteiger partial charge in [-0.2, -0.15) is 0 Å². The highest BCUT2D eigenvalue weighted by Crippen LogP contribution is 2.21. The molecule has 0 radical (unpaired) electrons. The van der Waals surface area contributed by atoms with Crippen LogP contribution in [-0.4, -0.2) is 64.3 Å². The molecule has 2 atom stereocenters. The van der Waals surface area contributed by atoms with Gasteiger partial charge in [-0.1, -0.05) is 32.0 Å². The fourth-order valence-electron chi connectivity index (χ4n) is 4.20. The Labute approximate surface area is 207 Å². The van der Waals surface area contributed by atoms with Crippen LogP contribution < -0.4 is 16.0 Å². The quantitative estimate of drug-likeness (QED) is 0.402. The molecule has 9 heteroatoms. The smallest absolute Gasteiger partial charge is 0.251 e. The van der Waals surface area contributed by atoms with Gasteiger partial charge in [0.1, 0.15) is 12.1 Å². The number of nitrogens with zero attached hydrogens (tertiary/aromatic N) is 3. The van der Waals surface area contributed by atoms with E-state index in [4.69, 9.17) is 0 Å². The van der Waals surface area contributed by atoms with Gasteiger partial charge in [-0.15, -0.1) is 0 Å². The standard InChI is InChI=1S/C26H36N6O3/c1-19(2)18-21(31-23(33)20-10-4-3-5-11-20)25(35)32-17-8-12-22(32)24(34)27-13-6-7-14-28-26-29-15-9-16-30-26/h3-5,9-11,15-16,19,21-22H,6-8,12-14,17-18H2,1-2H3,(H,27,34)(H,31,33)(H,28,29,30)/t21-,22-/m0/s1. The van der Waals surface area contributed by atoms with Gasteiger partial charge in [0.15, 0.2) is 0 Å². The van der Waals surface area contributed by atoms with Crippen molar-refractivity contribution in [2.24, 2.45) is 5.92 Å². The number of anilines is 1. The van der Waals surface area contributed by atoms with Gasteiger partial charge in [-0.3, -0.25) is 14.4 Å². The van der Waals surface area contributed by atoms with Gasteiger partial charge in [0, 0.05) is 37.6 Å². The van der Waals surface area contributed by atoms with Crippen molar-refractivity contribution >= 4 is 23.7 Å². The highest BCUT2D eigenvalue weighted by molar-refractivity contribution is 5.98. The summed E-state index contributed by atoms with van der Waals surface area (Å²) in [5, 5.41) is 9.02. The van der Waals surface area contributed by atoms with Gasteiger partial charge in [0.25, 0.3) is 5.91 Å². The van der Waals surface area contributed by atoms with Crippen LogP contribution in [0.4, 0.5) is 5.95 Å². The van der Waals surface area contributed by atoms with Crippen LogP contribution in [0.2, 0.25) is 0 Å². The lowest BCUT2D eigenvalue weighted by atomic mass is 10.0. The molecule has 35 heavy (non-hydrogen) atoms. The molecule has 1 aliphatic heterocycles. The number of hydrogen-bond acceptors (Lipinski definition) is 6. The van der Waals surface area contributed by atoms with Gasteiger partial charge in [-0.25, -0.2) is 9.97 Å². The number of benzene rings is 1. The van der Waals surface area contributed by atoms with E-state index in [1.54, 1.807) is 47.6 Å². The van der Waals surface area contributed by atoms with Crippen molar-refractivity contribution in [3.63, 3.8) is 0 Å². The number of likely N-dealkylation sites (tertiary alicyclic amines) is 1. The largest absolute Gasteiger partial charge is 0.354 e. The van der Waals surface area contributed by atoms with Gasteiger partial charge in [0.05, 0.1) is 0 Å². The lowest BCUT2D eigenvalue weighted by Gasteiger charge is -2.29. The number of nitrogens with one attached hydrogen (secondary N) is 3. The summed E-state index contributed by atoms with van der Waals surface area (Å²) < 4.78 is 0. The minimum absolute atomic E-state index is 0.132. The lowest BCUT2D eigenvalue weighted by molar-refractivity contribution is -0.140. The van der Waals surface area contributed by atoms with E-state index in [0.29, 0.717) is 44.0 Å². The predicted octanol–water partition coefficient (Wildman–Crippen LogP) is 2.62. The molecule has 1 saturated heterocycles. The van der Waals surface area contributed by atoms with Crippen molar-refractivity contribution in [3.8, 4) is 0 Å². The maximum atomic E-state index is 13.4. The zero-order valence-electron chi connectivity index (χ0n) is 20.6. The average molecular weight is 481 g/mol. The Morgan fingerprint density at radius 1 is 1.03 bits per heavy atom. The normalized spacial score (nSPS) is 16.1. The molecule has 1 aromatic carbocycles. The molecule has 0 saturated carbocycles. The van der Waals surface area contributed by atoms with Crippen molar-refractivity contribution in [2.75, 3.05) is 25.0 Å². The number of amides is 3. The minimum Gasteiger partial charge on any atom is -0.354 e. The Morgan fingerprint density at radius 2 is 1.74 bits per heavy atom. The minimum atomic E-state index is -0.664. The van der Waals surface area contributed by atoms with E-state index in [1.165, 1.54) is 0 Å².